The Kier molecular flexibility index (Phi) is 3.65. The molecule has 1 N–H and O–H groups in total. The summed E-state index contributed by atoms with van der Waals surface area (Å²) in [6, 6.07) is 9.20. The van der Waals surface area contributed by atoms with Crippen molar-refractivity contribution in [2.24, 2.45) is 0 Å². The molecule has 0 fully saturated rings. The van der Waals surface area contributed by atoms with Crippen LogP contribution in [0.1, 0.15) is 21.6 Å². The standard InChI is InChI=1S/C18H16ClN3O2/c1-24-16-5-3-2-4-12(16)18(23)22-7-6-15-14(10-22)13-8-11(19)9-20-17(13)21-15/h2-5,8-9H,6-7,10H2,1H3,(H,20,21). The zero-order chi connectivity index (χ0) is 16.7. The number of H-pyrrole nitrogens is 1. The summed E-state index contributed by atoms with van der Waals surface area (Å²) in [6.07, 6.45) is 2.40. The molecule has 3 aromatic rings. The predicted molar refractivity (Wildman–Crippen MR) is 92.5 cm³/mol. The zero-order valence-corrected chi connectivity index (χ0v) is 13.9. The van der Waals surface area contributed by atoms with E-state index in [-0.39, 0.29) is 5.91 Å². The number of rotatable bonds is 2. The Morgan fingerprint density at radius 3 is 3.04 bits per heavy atom. The number of aromatic nitrogens is 2. The average Bonchev–Trinajstić information content (AvgIpc) is 2.98. The lowest BCUT2D eigenvalue weighted by molar-refractivity contribution is 0.0731. The summed E-state index contributed by atoms with van der Waals surface area (Å²) in [5.41, 5.74) is 3.62. The second-order valence-electron chi connectivity index (χ2n) is 5.81. The minimum atomic E-state index is -0.0255. The third-order valence-electron chi connectivity index (χ3n) is 4.42. The summed E-state index contributed by atoms with van der Waals surface area (Å²) in [5.74, 6) is 0.569. The molecule has 0 atom stereocenters. The summed E-state index contributed by atoms with van der Waals surface area (Å²) in [4.78, 5) is 22.4. The summed E-state index contributed by atoms with van der Waals surface area (Å²) in [6.45, 7) is 1.19. The molecule has 1 aliphatic rings. The topological polar surface area (TPSA) is 58.2 Å². The van der Waals surface area contributed by atoms with Gasteiger partial charge in [0.1, 0.15) is 11.4 Å². The van der Waals surface area contributed by atoms with Gasteiger partial charge in [-0.3, -0.25) is 4.79 Å². The maximum atomic E-state index is 12.9. The number of fused-ring (bicyclic) bond motifs is 3. The highest BCUT2D eigenvalue weighted by molar-refractivity contribution is 6.31. The van der Waals surface area contributed by atoms with Crippen molar-refractivity contribution >= 4 is 28.5 Å². The Hall–Kier alpha value is -2.53. The fraction of sp³-hybridized carbons (Fsp3) is 0.222. The van der Waals surface area contributed by atoms with E-state index in [0.29, 0.717) is 29.4 Å². The van der Waals surface area contributed by atoms with Gasteiger partial charge in [-0.05, 0) is 18.2 Å². The van der Waals surface area contributed by atoms with Crippen LogP contribution in [-0.2, 0) is 13.0 Å². The summed E-state index contributed by atoms with van der Waals surface area (Å²) in [5, 5.41) is 1.58. The molecule has 24 heavy (non-hydrogen) atoms. The van der Waals surface area contributed by atoms with Gasteiger partial charge in [0.2, 0.25) is 0 Å². The molecular weight excluding hydrogens is 326 g/mol. The number of ether oxygens (including phenoxy) is 1. The Morgan fingerprint density at radius 1 is 1.38 bits per heavy atom. The number of methoxy groups -OCH3 is 1. The fourth-order valence-electron chi connectivity index (χ4n) is 3.23. The first-order valence-electron chi connectivity index (χ1n) is 7.74. The van der Waals surface area contributed by atoms with E-state index in [9.17, 15) is 4.79 Å². The van der Waals surface area contributed by atoms with Gasteiger partial charge in [-0.15, -0.1) is 0 Å². The molecule has 0 bridgehead atoms. The average molecular weight is 342 g/mol. The van der Waals surface area contributed by atoms with Crippen LogP contribution in [0.5, 0.6) is 5.75 Å². The van der Waals surface area contributed by atoms with Crippen molar-refractivity contribution in [2.75, 3.05) is 13.7 Å². The summed E-state index contributed by atoms with van der Waals surface area (Å²) < 4.78 is 5.32. The van der Waals surface area contributed by atoms with Gasteiger partial charge in [0.25, 0.3) is 5.91 Å². The molecule has 3 heterocycles. The predicted octanol–water partition coefficient (Wildman–Crippen LogP) is 3.42. The van der Waals surface area contributed by atoms with Crippen molar-refractivity contribution < 1.29 is 9.53 Å². The number of nitrogens with one attached hydrogen (secondary N) is 1. The number of pyridine rings is 1. The van der Waals surface area contributed by atoms with Gasteiger partial charge in [0, 0.05) is 42.4 Å². The SMILES string of the molecule is COc1ccccc1C(=O)N1CCc2[nH]c3ncc(Cl)cc3c2C1. The minimum Gasteiger partial charge on any atom is -0.496 e. The maximum Gasteiger partial charge on any atom is 0.257 e. The van der Waals surface area contributed by atoms with Crippen molar-refractivity contribution in [2.45, 2.75) is 13.0 Å². The van der Waals surface area contributed by atoms with Crippen molar-refractivity contribution in [3.8, 4) is 5.75 Å². The van der Waals surface area contributed by atoms with Crippen LogP contribution in [0.2, 0.25) is 5.02 Å². The first-order valence-corrected chi connectivity index (χ1v) is 8.12. The normalized spacial score (nSPS) is 13.8. The van der Waals surface area contributed by atoms with E-state index in [1.807, 2.05) is 23.1 Å². The highest BCUT2D eigenvalue weighted by Gasteiger charge is 2.26. The Labute approximate surface area is 144 Å². The van der Waals surface area contributed by atoms with Crippen molar-refractivity contribution in [3.05, 3.63) is 58.4 Å². The van der Waals surface area contributed by atoms with Gasteiger partial charge in [0.05, 0.1) is 17.7 Å². The molecule has 5 nitrogen and oxygen atoms in total. The Balaban J connectivity index is 1.70. The Morgan fingerprint density at radius 2 is 2.21 bits per heavy atom. The number of hydrogen-bond donors (Lipinski definition) is 1. The first kappa shape index (κ1) is 15.0. The summed E-state index contributed by atoms with van der Waals surface area (Å²) in [7, 11) is 1.58. The molecule has 0 spiro atoms. The Bertz CT molecular complexity index is 935. The largest absolute Gasteiger partial charge is 0.496 e. The number of carbonyl (C=O) groups excluding carboxylic acids is 1. The van der Waals surface area contributed by atoms with Crippen molar-refractivity contribution in [3.63, 3.8) is 0 Å². The van der Waals surface area contributed by atoms with E-state index in [2.05, 4.69) is 9.97 Å². The molecule has 0 aliphatic carbocycles. The smallest absolute Gasteiger partial charge is 0.257 e. The van der Waals surface area contributed by atoms with E-state index < -0.39 is 0 Å². The fourth-order valence-corrected chi connectivity index (χ4v) is 3.38. The number of benzene rings is 1. The highest BCUT2D eigenvalue weighted by atomic mass is 35.5. The third kappa shape index (κ3) is 2.41. The van der Waals surface area contributed by atoms with E-state index in [1.54, 1.807) is 25.4 Å². The van der Waals surface area contributed by atoms with E-state index in [0.717, 1.165) is 28.7 Å². The van der Waals surface area contributed by atoms with Crippen LogP contribution >= 0.6 is 11.6 Å². The van der Waals surface area contributed by atoms with Crippen LogP contribution < -0.4 is 4.74 Å². The van der Waals surface area contributed by atoms with Crippen LogP contribution in [0.3, 0.4) is 0 Å². The lowest BCUT2D eigenvalue weighted by Crippen LogP contribution is -2.36. The summed E-state index contributed by atoms with van der Waals surface area (Å²) >= 11 is 6.08. The first-order chi connectivity index (χ1) is 11.7. The number of aromatic amines is 1. The van der Waals surface area contributed by atoms with Gasteiger partial charge in [-0.2, -0.15) is 0 Å². The zero-order valence-electron chi connectivity index (χ0n) is 13.2. The van der Waals surface area contributed by atoms with Crippen molar-refractivity contribution in [1.82, 2.24) is 14.9 Å². The van der Waals surface area contributed by atoms with Gasteiger partial charge in [-0.1, -0.05) is 23.7 Å². The van der Waals surface area contributed by atoms with E-state index in [4.69, 9.17) is 16.3 Å². The number of halogens is 1. The van der Waals surface area contributed by atoms with Crippen LogP contribution in [0.25, 0.3) is 11.0 Å². The van der Waals surface area contributed by atoms with Gasteiger partial charge in [0.15, 0.2) is 0 Å². The molecular formula is C18H16ClN3O2. The monoisotopic (exact) mass is 341 g/mol. The second kappa shape index (κ2) is 5.83. The molecule has 0 unspecified atom stereocenters. The number of amides is 1. The maximum absolute atomic E-state index is 12.9. The number of carbonyl (C=O) groups is 1. The third-order valence-corrected chi connectivity index (χ3v) is 4.63. The van der Waals surface area contributed by atoms with Crippen LogP contribution in [0, 0.1) is 0 Å². The number of nitrogens with zero attached hydrogens (tertiary/aromatic N) is 2. The molecule has 1 amide bonds. The second-order valence-corrected chi connectivity index (χ2v) is 6.25. The van der Waals surface area contributed by atoms with Crippen LogP contribution in [0.4, 0.5) is 0 Å². The van der Waals surface area contributed by atoms with Crippen molar-refractivity contribution in [1.29, 1.82) is 0 Å². The lowest BCUT2D eigenvalue weighted by atomic mass is 10.0. The van der Waals surface area contributed by atoms with Crippen LogP contribution in [-0.4, -0.2) is 34.4 Å². The number of hydrogen-bond acceptors (Lipinski definition) is 3. The molecule has 6 heteroatoms. The highest BCUT2D eigenvalue weighted by Crippen LogP contribution is 2.30. The molecule has 122 valence electrons. The van der Waals surface area contributed by atoms with Gasteiger partial charge >= 0.3 is 0 Å². The molecule has 2 aromatic heterocycles. The minimum absolute atomic E-state index is 0.0255. The van der Waals surface area contributed by atoms with Crippen LogP contribution in [0.15, 0.2) is 36.5 Å². The molecule has 1 aliphatic heterocycles. The molecule has 0 saturated carbocycles. The van der Waals surface area contributed by atoms with Gasteiger partial charge in [-0.25, -0.2) is 4.98 Å². The molecule has 0 saturated heterocycles. The quantitative estimate of drug-likeness (QED) is 0.777. The molecule has 0 radical (unpaired) electrons. The van der Waals surface area contributed by atoms with E-state index >= 15 is 0 Å². The van der Waals surface area contributed by atoms with E-state index in [1.165, 1.54) is 0 Å². The van der Waals surface area contributed by atoms with Gasteiger partial charge < -0.3 is 14.6 Å². The lowest BCUT2D eigenvalue weighted by Gasteiger charge is -2.27. The molecule has 1 aromatic carbocycles. The molecule has 4 rings (SSSR count). The number of para-hydroxylation sites is 1.